The molecule has 1 aromatic carbocycles. The van der Waals surface area contributed by atoms with Gasteiger partial charge in [-0.3, -0.25) is 14.3 Å². The van der Waals surface area contributed by atoms with E-state index in [4.69, 9.17) is 4.74 Å². The van der Waals surface area contributed by atoms with Gasteiger partial charge in [-0.25, -0.2) is 4.98 Å². The van der Waals surface area contributed by atoms with E-state index in [0.717, 1.165) is 11.1 Å². The maximum Gasteiger partial charge on any atom is 0.254 e. The van der Waals surface area contributed by atoms with Crippen molar-refractivity contribution in [3.05, 3.63) is 47.8 Å². The SMILES string of the molecule is COc1cc(C(=O)N2CC(C(=O)Nc3cnn(C)c3C)C2)c2ccccc2n1. The van der Waals surface area contributed by atoms with Crippen LogP contribution in [0.25, 0.3) is 10.9 Å². The lowest BCUT2D eigenvalue weighted by Gasteiger charge is -2.38. The summed E-state index contributed by atoms with van der Waals surface area (Å²) in [5.74, 6) is -0.0710. The van der Waals surface area contributed by atoms with Crippen molar-refractivity contribution in [2.45, 2.75) is 6.92 Å². The van der Waals surface area contributed by atoms with Crippen LogP contribution in [0.2, 0.25) is 0 Å². The van der Waals surface area contributed by atoms with E-state index in [2.05, 4.69) is 15.4 Å². The van der Waals surface area contributed by atoms with Crippen LogP contribution in [-0.4, -0.2) is 51.7 Å². The Kier molecular flexibility index (Phi) is 4.46. The summed E-state index contributed by atoms with van der Waals surface area (Å²) in [6.07, 6.45) is 1.63. The lowest BCUT2D eigenvalue weighted by Crippen LogP contribution is -2.54. The summed E-state index contributed by atoms with van der Waals surface area (Å²) >= 11 is 0. The molecule has 3 aromatic rings. The van der Waals surface area contributed by atoms with E-state index in [-0.39, 0.29) is 17.7 Å². The number of nitrogens with one attached hydrogen (secondary N) is 1. The Morgan fingerprint density at radius 2 is 2.00 bits per heavy atom. The third-order valence-electron chi connectivity index (χ3n) is 5.16. The molecule has 4 rings (SSSR count). The highest BCUT2D eigenvalue weighted by atomic mass is 16.5. The molecule has 3 heterocycles. The molecule has 0 unspecified atom stereocenters. The fourth-order valence-corrected chi connectivity index (χ4v) is 3.27. The number of rotatable bonds is 4. The zero-order chi connectivity index (χ0) is 19.8. The predicted octanol–water partition coefficient (Wildman–Crippen LogP) is 2.00. The summed E-state index contributed by atoms with van der Waals surface area (Å²) in [6, 6.07) is 9.10. The van der Waals surface area contributed by atoms with Crippen LogP contribution < -0.4 is 10.1 Å². The highest BCUT2D eigenvalue weighted by Gasteiger charge is 2.37. The van der Waals surface area contributed by atoms with E-state index in [1.165, 1.54) is 7.11 Å². The molecule has 1 N–H and O–H groups in total. The standard InChI is InChI=1S/C20H21N5O3/c1-12-17(9-21-24(12)2)23-19(26)13-10-25(11-13)20(27)15-8-18(28-3)22-16-7-5-4-6-14(15)16/h4-9,13H,10-11H2,1-3H3,(H,23,26). The fraction of sp³-hybridized carbons (Fsp3) is 0.300. The number of para-hydroxylation sites is 1. The van der Waals surface area contributed by atoms with Gasteiger partial charge < -0.3 is 15.0 Å². The summed E-state index contributed by atoms with van der Waals surface area (Å²) < 4.78 is 6.93. The van der Waals surface area contributed by atoms with Gasteiger partial charge in [-0.15, -0.1) is 0 Å². The van der Waals surface area contributed by atoms with Crippen molar-refractivity contribution in [3.8, 4) is 5.88 Å². The van der Waals surface area contributed by atoms with Crippen LogP contribution in [0.3, 0.4) is 0 Å². The first-order valence-corrected chi connectivity index (χ1v) is 9.00. The molecule has 144 valence electrons. The Morgan fingerprint density at radius 3 is 2.68 bits per heavy atom. The van der Waals surface area contributed by atoms with Gasteiger partial charge in [-0.05, 0) is 13.0 Å². The zero-order valence-electron chi connectivity index (χ0n) is 16.0. The second-order valence-corrected chi connectivity index (χ2v) is 6.89. The number of carbonyl (C=O) groups excluding carboxylic acids is 2. The highest BCUT2D eigenvalue weighted by Crippen LogP contribution is 2.27. The summed E-state index contributed by atoms with van der Waals surface area (Å²) in [7, 11) is 3.35. The molecule has 0 saturated carbocycles. The number of anilines is 1. The van der Waals surface area contributed by atoms with Gasteiger partial charge in [0, 0.05) is 31.6 Å². The van der Waals surface area contributed by atoms with Gasteiger partial charge in [0.2, 0.25) is 11.8 Å². The number of benzene rings is 1. The summed E-state index contributed by atoms with van der Waals surface area (Å²) in [5, 5.41) is 7.78. The quantitative estimate of drug-likeness (QED) is 0.749. The van der Waals surface area contributed by atoms with Gasteiger partial charge in [0.05, 0.1) is 41.7 Å². The predicted molar refractivity (Wildman–Crippen MR) is 104 cm³/mol. The van der Waals surface area contributed by atoms with E-state index in [1.807, 2.05) is 38.2 Å². The number of aromatic nitrogens is 3. The van der Waals surface area contributed by atoms with Gasteiger partial charge >= 0.3 is 0 Å². The molecule has 8 heteroatoms. The van der Waals surface area contributed by atoms with E-state index in [0.29, 0.717) is 35.7 Å². The molecule has 2 aromatic heterocycles. The number of methoxy groups -OCH3 is 1. The molecule has 1 fully saturated rings. The molecular weight excluding hydrogens is 358 g/mol. The molecule has 0 aliphatic carbocycles. The third kappa shape index (κ3) is 3.06. The molecule has 8 nitrogen and oxygen atoms in total. The molecule has 2 amide bonds. The Labute approximate surface area is 162 Å². The van der Waals surface area contributed by atoms with Gasteiger partial charge in [0.1, 0.15) is 0 Å². The minimum absolute atomic E-state index is 0.0997. The lowest BCUT2D eigenvalue weighted by molar-refractivity contribution is -0.123. The zero-order valence-corrected chi connectivity index (χ0v) is 16.0. The minimum Gasteiger partial charge on any atom is -0.481 e. The molecule has 1 aliphatic rings. The number of amides is 2. The topological polar surface area (TPSA) is 89.4 Å². The molecule has 0 spiro atoms. The van der Waals surface area contributed by atoms with Gasteiger partial charge in [-0.1, -0.05) is 18.2 Å². The van der Waals surface area contributed by atoms with Crippen LogP contribution in [0, 0.1) is 12.8 Å². The summed E-state index contributed by atoms with van der Waals surface area (Å²) in [5.41, 5.74) is 2.81. The molecule has 0 bridgehead atoms. The minimum atomic E-state index is -0.237. The fourth-order valence-electron chi connectivity index (χ4n) is 3.27. The van der Waals surface area contributed by atoms with Crippen LogP contribution in [0.15, 0.2) is 36.5 Å². The summed E-state index contributed by atoms with van der Waals surface area (Å²) in [4.78, 5) is 31.5. The van der Waals surface area contributed by atoms with Crippen molar-refractivity contribution >= 4 is 28.4 Å². The first-order valence-electron chi connectivity index (χ1n) is 9.00. The Hall–Kier alpha value is -3.42. The molecule has 0 atom stereocenters. The third-order valence-corrected chi connectivity index (χ3v) is 5.16. The van der Waals surface area contributed by atoms with Crippen molar-refractivity contribution in [1.29, 1.82) is 0 Å². The number of nitrogens with zero attached hydrogens (tertiary/aromatic N) is 4. The van der Waals surface area contributed by atoms with E-state index >= 15 is 0 Å². The number of aryl methyl sites for hydroxylation is 1. The van der Waals surface area contributed by atoms with Crippen LogP contribution in [0.5, 0.6) is 5.88 Å². The number of pyridine rings is 1. The number of hydrogen-bond acceptors (Lipinski definition) is 5. The maximum absolute atomic E-state index is 13.0. The molecule has 1 saturated heterocycles. The average molecular weight is 379 g/mol. The normalized spacial score (nSPS) is 14.0. The lowest BCUT2D eigenvalue weighted by atomic mass is 9.97. The van der Waals surface area contributed by atoms with Crippen LogP contribution in [-0.2, 0) is 11.8 Å². The highest BCUT2D eigenvalue weighted by molar-refractivity contribution is 6.07. The number of hydrogen-bond donors (Lipinski definition) is 1. The van der Waals surface area contributed by atoms with Crippen molar-refractivity contribution in [1.82, 2.24) is 19.7 Å². The Morgan fingerprint density at radius 1 is 1.25 bits per heavy atom. The first kappa shape index (κ1) is 18.0. The smallest absolute Gasteiger partial charge is 0.254 e. The van der Waals surface area contributed by atoms with Crippen molar-refractivity contribution < 1.29 is 14.3 Å². The first-order chi connectivity index (χ1) is 13.5. The second-order valence-electron chi connectivity index (χ2n) is 6.89. The van der Waals surface area contributed by atoms with Gasteiger partial charge in [0.15, 0.2) is 0 Å². The molecule has 1 aliphatic heterocycles. The number of fused-ring (bicyclic) bond motifs is 1. The Balaban J connectivity index is 1.47. The van der Waals surface area contributed by atoms with Crippen molar-refractivity contribution in [2.75, 3.05) is 25.5 Å². The Bertz CT molecular complexity index is 1070. The van der Waals surface area contributed by atoms with Crippen molar-refractivity contribution in [3.63, 3.8) is 0 Å². The second kappa shape index (κ2) is 6.95. The van der Waals surface area contributed by atoms with E-state index in [9.17, 15) is 9.59 Å². The maximum atomic E-state index is 13.0. The number of likely N-dealkylation sites (tertiary alicyclic amines) is 1. The number of ether oxygens (including phenoxy) is 1. The number of carbonyl (C=O) groups is 2. The summed E-state index contributed by atoms with van der Waals surface area (Å²) in [6.45, 7) is 2.65. The molecular formula is C20H21N5O3. The monoisotopic (exact) mass is 379 g/mol. The largest absolute Gasteiger partial charge is 0.481 e. The van der Waals surface area contributed by atoms with E-state index < -0.39 is 0 Å². The van der Waals surface area contributed by atoms with Crippen LogP contribution in [0.4, 0.5) is 5.69 Å². The van der Waals surface area contributed by atoms with Gasteiger partial charge in [0.25, 0.3) is 5.91 Å². The average Bonchev–Trinajstić information content (AvgIpc) is 2.97. The molecule has 0 radical (unpaired) electrons. The van der Waals surface area contributed by atoms with Crippen molar-refractivity contribution in [2.24, 2.45) is 13.0 Å². The van der Waals surface area contributed by atoms with Crippen LogP contribution >= 0.6 is 0 Å². The van der Waals surface area contributed by atoms with E-state index in [1.54, 1.807) is 21.8 Å². The molecule has 28 heavy (non-hydrogen) atoms. The van der Waals surface area contributed by atoms with Crippen LogP contribution in [0.1, 0.15) is 16.1 Å². The van der Waals surface area contributed by atoms with Gasteiger partial charge in [-0.2, -0.15) is 5.10 Å².